The Labute approximate surface area is 164 Å². The Hall–Kier alpha value is -4.54. The molecule has 0 saturated heterocycles. The summed E-state index contributed by atoms with van der Waals surface area (Å²) in [5, 5.41) is 46.2. The lowest BCUT2D eigenvalue weighted by molar-refractivity contribution is 0.459. The third kappa shape index (κ3) is 5.23. The molecule has 0 saturated carbocycles. The van der Waals surface area contributed by atoms with E-state index in [4.69, 9.17) is 5.73 Å². The fourth-order valence-electron chi connectivity index (χ4n) is 2.21. The minimum absolute atomic E-state index is 0.0161. The van der Waals surface area contributed by atoms with Crippen LogP contribution in [0.1, 0.15) is 11.1 Å². The first-order valence-electron chi connectivity index (χ1n) is 8.17. The topological polar surface area (TPSA) is 182 Å². The van der Waals surface area contributed by atoms with E-state index in [1.165, 1.54) is 54.9 Å². The summed E-state index contributed by atoms with van der Waals surface area (Å²) in [5.74, 6) is 0.293. The number of hydrazone groups is 2. The number of nitrogen functional groups attached to an aromatic ring is 1. The Bertz CT molecular complexity index is 1000. The monoisotopic (exact) mass is 395 g/mol. The molecule has 0 bridgehead atoms. The van der Waals surface area contributed by atoms with Crippen molar-refractivity contribution in [2.45, 2.75) is 0 Å². The highest BCUT2D eigenvalue weighted by molar-refractivity contribution is 5.85. The Morgan fingerprint density at radius 2 is 1.17 bits per heavy atom. The van der Waals surface area contributed by atoms with E-state index in [9.17, 15) is 20.4 Å². The molecule has 0 fully saturated rings. The third-order valence-electron chi connectivity index (χ3n) is 3.53. The van der Waals surface area contributed by atoms with Crippen LogP contribution in [0.4, 0.5) is 17.6 Å². The molecule has 29 heavy (non-hydrogen) atoms. The van der Waals surface area contributed by atoms with Gasteiger partial charge in [-0.05, 0) is 36.4 Å². The summed E-state index contributed by atoms with van der Waals surface area (Å²) >= 11 is 0. The van der Waals surface area contributed by atoms with Gasteiger partial charge in [0.1, 0.15) is 23.0 Å². The van der Waals surface area contributed by atoms with E-state index in [1.807, 2.05) is 0 Å². The molecule has 0 unspecified atom stereocenters. The number of nitrogens with two attached hydrogens (primary N) is 1. The summed E-state index contributed by atoms with van der Waals surface area (Å²) in [4.78, 5) is 7.92. The summed E-state index contributed by atoms with van der Waals surface area (Å²) in [6, 6.07) is 9.52. The second-order valence-electron chi connectivity index (χ2n) is 5.72. The molecule has 0 atom stereocenters. The first-order valence-corrected chi connectivity index (χ1v) is 8.17. The number of benzene rings is 2. The fourth-order valence-corrected chi connectivity index (χ4v) is 2.21. The van der Waals surface area contributed by atoms with Gasteiger partial charge in [0.15, 0.2) is 11.6 Å². The van der Waals surface area contributed by atoms with Gasteiger partial charge in [0.05, 0.1) is 12.4 Å². The van der Waals surface area contributed by atoms with Crippen LogP contribution in [0.3, 0.4) is 0 Å². The summed E-state index contributed by atoms with van der Waals surface area (Å²) in [7, 11) is 0. The molecule has 11 heteroatoms. The molecule has 148 valence electrons. The molecule has 0 spiro atoms. The Balaban J connectivity index is 1.69. The van der Waals surface area contributed by atoms with Gasteiger partial charge in [0.25, 0.3) is 0 Å². The lowest BCUT2D eigenvalue weighted by atomic mass is 10.2. The maximum Gasteiger partial charge on any atom is 0.224 e. The van der Waals surface area contributed by atoms with Gasteiger partial charge in [-0.1, -0.05) is 0 Å². The second kappa shape index (κ2) is 8.43. The second-order valence-corrected chi connectivity index (χ2v) is 5.72. The van der Waals surface area contributed by atoms with Crippen molar-refractivity contribution >= 4 is 30.0 Å². The van der Waals surface area contributed by atoms with E-state index in [0.29, 0.717) is 11.1 Å². The molecule has 0 aliphatic rings. The average Bonchev–Trinajstić information content (AvgIpc) is 2.67. The van der Waals surface area contributed by atoms with Crippen LogP contribution in [0.5, 0.6) is 23.0 Å². The summed E-state index contributed by atoms with van der Waals surface area (Å²) in [6.45, 7) is 0. The highest BCUT2D eigenvalue weighted by atomic mass is 16.3. The molecule has 11 nitrogen and oxygen atoms in total. The van der Waals surface area contributed by atoms with Crippen molar-refractivity contribution in [2.75, 3.05) is 16.6 Å². The molecule has 0 amide bonds. The first kappa shape index (κ1) is 19.2. The van der Waals surface area contributed by atoms with Crippen molar-refractivity contribution in [2.24, 2.45) is 10.2 Å². The number of nitrogens with zero attached hydrogens (tertiary/aromatic N) is 4. The maximum absolute atomic E-state index is 9.71. The third-order valence-corrected chi connectivity index (χ3v) is 3.53. The molecule has 0 aliphatic carbocycles. The number of anilines is 3. The number of aromatic hydroxyl groups is 4. The summed E-state index contributed by atoms with van der Waals surface area (Å²) < 4.78 is 0. The quantitative estimate of drug-likeness (QED) is 0.186. The fraction of sp³-hybridized carbons (Fsp3) is 0. The Morgan fingerprint density at radius 3 is 1.62 bits per heavy atom. The zero-order chi connectivity index (χ0) is 20.8. The number of aromatic nitrogens is 2. The van der Waals surface area contributed by atoms with Gasteiger partial charge in [-0.15, -0.1) is 0 Å². The van der Waals surface area contributed by atoms with Gasteiger partial charge in [-0.25, -0.2) is 0 Å². The van der Waals surface area contributed by atoms with Crippen LogP contribution in [0, 0.1) is 0 Å². The van der Waals surface area contributed by atoms with Crippen molar-refractivity contribution in [1.82, 2.24) is 9.97 Å². The van der Waals surface area contributed by atoms with Crippen LogP contribution in [-0.2, 0) is 0 Å². The number of phenols is 4. The van der Waals surface area contributed by atoms with Crippen molar-refractivity contribution in [3.8, 4) is 23.0 Å². The molecule has 1 heterocycles. The van der Waals surface area contributed by atoms with E-state index in [-0.39, 0.29) is 40.6 Å². The van der Waals surface area contributed by atoms with E-state index >= 15 is 0 Å². The highest BCUT2D eigenvalue weighted by Gasteiger charge is 2.03. The lowest BCUT2D eigenvalue weighted by Crippen LogP contribution is -2.03. The van der Waals surface area contributed by atoms with E-state index < -0.39 is 0 Å². The molecule has 3 rings (SSSR count). The number of rotatable bonds is 6. The standard InChI is InChI=1S/C18H17N7O4/c19-18-22-16(24-20-8-10-5-12(26)1-3-14(10)28)7-17(23-18)25-21-9-11-6-13(27)2-4-15(11)29/h1-9,26-29H,(H4,19,22,23,24,25)/b20-8+,21-9+. The van der Waals surface area contributed by atoms with Gasteiger partial charge in [0.2, 0.25) is 5.95 Å². The number of nitrogens with one attached hydrogen (secondary N) is 2. The summed E-state index contributed by atoms with van der Waals surface area (Å²) in [6.07, 6.45) is 2.59. The number of phenolic OH excluding ortho intramolecular Hbond substituents is 4. The minimum Gasteiger partial charge on any atom is -0.508 e. The SMILES string of the molecule is Nc1nc(N/N=C/c2cc(O)ccc2O)cc(N/N=C/c2cc(O)ccc2O)n1. The van der Waals surface area contributed by atoms with E-state index in [2.05, 4.69) is 31.0 Å². The molecule has 2 aromatic carbocycles. The smallest absolute Gasteiger partial charge is 0.224 e. The van der Waals surface area contributed by atoms with Crippen molar-refractivity contribution < 1.29 is 20.4 Å². The minimum atomic E-state index is -0.0533. The Morgan fingerprint density at radius 1 is 0.724 bits per heavy atom. The van der Waals surface area contributed by atoms with Crippen molar-refractivity contribution in [3.05, 3.63) is 53.6 Å². The molecular formula is C18H17N7O4. The molecule has 8 N–H and O–H groups in total. The van der Waals surface area contributed by atoms with Crippen molar-refractivity contribution in [3.63, 3.8) is 0 Å². The first-order chi connectivity index (χ1) is 13.9. The molecular weight excluding hydrogens is 378 g/mol. The van der Waals surface area contributed by atoms with Crippen LogP contribution < -0.4 is 16.6 Å². The van der Waals surface area contributed by atoms with Crippen LogP contribution in [0.25, 0.3) is 0 Å². The lowest BCUT2D eigenvalue weighted by Gasteiger charge is -2.05. The van der Waals surface area contributed by atoms with Crippen LogP contribution in [0.2, 0.25) is 0 Å². The van der Waals surface area contributed by atoms with E-state index in [1.54, 1.807) is 0 Å². The van der Waals surface area contributed by atoms with Gasteiger partial charge >= 0.3 is 0 Å². The highest BCUT2D eigenvalue weighted by Crippen LogP contribution is 2.21. The van der Waals surface area contributed by atoms with Gasteiger partial charge in [-0.2, -0.15) is 20.2 Å². The molecule has 0 radical (unpaired) electrons. The average molecular weight is 395 g/mol. The molecule has 1 aromatic heterocycles. The predicted molar refractivity (Wildman–Crippen MR) is 108 cm³/mol. The largest absolute Gasteiger partial charge is 0.508 e. The van der Waals surface area contributed by atoms with Crippen LogP contribution >= 0.6 is 0 Å². The number of hydrogen-bond donors (Lipinski definition) is 7. The van der Waals surface area contributed by atoms with Gasteiger partial charge in [0, 0.05) is 17.2 Å². The zero-order valence-corrected chi connectivity index (χ0v) is 14.9. The zero-order valence-electron chi connectivity index (χ0n) is 14.9. The summed E-state index contributed by atoms with van der Waals surface area (Å²) in [5.41, 5.74) is 11.5. The number of hydrogen-bond acceptors (Lipinski definition) is 11. The van der Waals surface area contributed by atoms with Crippen molar-refractivity contribution in [1.29, 1.82) is 0 Å². The normalized spacial score (nSPS) is 11.2. The van der Waals surface area contributed by atoms with Gasteiger partial charge < -0.3 is 26.2 Å². The molecule has 3 aromatic rings. The van der Waals surface area contributed by atoms with Gasteiger partial charge in [-0.3, -0.25) is 10.9 Å². The van der Waals surface area contributed by atoms with E-state index in [0.717, 1.165) is 0 Å². The van der Waals surface area contributed by atoms with Crippen LogP contribution in [0.15, 0.2) is 52.7 Å². The molecule has 0 aliphatic heterocycles. The maximum atomic E-state index is 9.71. The van der Waals surface area contributed by atoms with Crippen LogP contribution in [-0.4, -0.2) is 42.8 Å². The predicted octanol–water partition coefficient (Wildman–Crippen LogP) is 1.77. The Kier molecular flexibility index (Phi) is 5.59.